The Hall–Kier alpha value is -1.51. The van der Waals surface area contributed by atoms with E-state index in [4.69, 9.17) is 4.74 Å². The van der Waals surface area contributed by atoms with Gasteiger partial charge in [0.25, 0.3) is 10.0 Å². The summed E-state index contributed by atoms with van der Waals surface area (Å²) >= 11 is 0. The molecule has 0 amide bonds. The van der Waals surface area contributed by atoms with Gasteiger partial charge >= 0.3 is 0 Å². The van der Waals surface area contributed by atoms with Gasteiger partial charge in [-0.3, -0.25) is 0 Å². The lowest BCUT2D eigenvalue weighted by atomic mass is 10.2. The van der Waals surface area contributed by atoms with Crippen molar-refractivity contribution < 1.29 is 13.2 Å². The molecule has 2 heterocycles. The Labute approximate surface area is 124 Å². The number of fused-ring (bicyclic) bond motifs is 1. The van der Waals surface area contributed by atoms with Gasteiger partial charge in [0, 0.05) is 26.0 Å². The van der Waals surface area contributed by atoms with E-state index < -0.39 is 10.0 Å². The third-order valence-corrected chi connectivity index (χ3v) is 4.14. The Morgan fingerprint density at radius 1 is 1.43 bits per heavy atom. The van der Waals surface area contributed by atoms with E-state index in [9.17, 15) is 8.42 Å². The molecule has 2 aromatic heterocycles. The van der Waals surface area contributed by atoms with Crippen LogP contribution in [-0.4, -0.2) is 42.8 Å². The molecule has 0 unspecified atom stereocenters. The highest BCUT2D eigenvalue weighted by molar-refractivity contribution is 7.89. The molecule has 8 heteroatoms. The van der Waals surface area contributed by atoms with E-state index in [2.05, 4.69) is 28.7 Å². The molecule has 21 heavy (non-hydrogen) atoms. The van der Waals surface area contributed by atoms with Gasteiger partial charge in [-0.1, -0.05) is 13.8 Å². The number of imidazole rings is 1. The fraction of sp³-hybridized carbons (Fsp3) is 0.538. The fourth-order valence-corrected chi connectivity index (χ4v) is 2.89. The highest BCUT2D eigenvalue weighted by Gasteiger charge is 2.19. The first kappa shape index (κ1) is 15.9. The number of aromatic nitrogens is 3. The van der Waals surface area contributed by atoms with E-state index in [0.29, 0.717) is 37.7 Å². The second-order valence-corrected chi connectivity index (χ2v) is 6.82. The molecule has 0 atom stereocenters. The number of sulfonamides is 1. The number of nitrogens with zero attached hydrogens (tertiary/aromatic N) is 3. The van der Waals surface area contributed by atoms with Crippen LogP contribution in [0.4, 0.5) is 0 Å². The molecule has 116 valence electrons. The number of nitrogens with one attached hydrogen (secondary N) is 1. The zero-order valence-electron chi connectivity index (χ0n) is 12.2. The monoisotopic (exact) mass is 312 g/mol. The van der Waals surface area contributed by atoms with Crippen LogP contribution in [0.15, 0.2) is 29.6 Å². The summed E-state index contributed by atoms with van der Waals surface area (Å²) in [7, 11) is -3.61. The molecule has 0 saturated heterocycles. The van der Waals surface area contributed by atoms with Gasteiger partial charge in [0.15, 0.2) is 10.7 Å². The van der Waals surface area contributed by atoms with E-state index in [0.717, 1.165) is 0 Å². The summed E-state index contributed by atoms with van der Waals surface area (Å²) in [4.78, 5) is 4.02. The van der Waals surface area contributed by atoms with Gasteiger partial charge in [0.2, 0.25) is 0 Å². The maximum absolute atomic E-state index is 12.2. The summed E-state index contributed by atoms with van der Waals surface area (Å²) < 4.78 is 33.6. The average molecular weight is 312 g/mol. The summed E-state index contributed by atoms with van der Waals surface area (Å²) in [5.74, 6) is 0.478. The molecule has 0 bridgehead atoms. The molecule has 0 aromatic carbocycles. The molecule has 0 radical (unpaired) electrons. The number of hydrogen-bond donors (Lipinski definition) is 1. The Balaban J connectivity index is 1.90. The lowest BCUT2D eigenvalue weighted by Crippen LogP contribution is -2.27. The zero-order chi connectivity index (χ0) is 15.3. The van der Waals surface area contributed by atoms with Crippen LogP contribution < -0.4 is 4.72 Å². The SMILES string of the molecule is CC(C)COCCCNS(=O)(=O)c1cnc2cccnn12. The van der Waals surface area contributed by atoms with Gasteiger partial charge in [0.1, 0.15) is 0 Å². The highest BCUT2D eigenvalue weighted by atomic mass is 32.2. The first-order valence-electron chi connectivity index (χ1n) is 6.87. The van der Waals surface area contributed by atoms with Crippen molar-refractivity contribution in [3.8, 4) is 0 Å². The van der Waals surface area contributed by atoms with E-state index >= 15 is 0 Å². The van der Waals surface area contributed by atoms with Crippen LogP contribution in [0.3, 0.4) is 0 Å². The molecular weight excluding hydrogens is 292 g/mol. The Kier molecular flexibility index (Phi) is 5.27. The molecule has 7 nitrogen and oxygen atoms in total. The Bertz CT molecular complexity index is 682. The van der Waals surface area contributed by atoms with E-state index in [1.807, 2.05) is 0 Å². The van der Waals surface area contributed by atoms with E-state index in [1.165, 1.54) is 16.9 Å². The van der Waals surface area contributed by atoms with Crippen LogP contribution in [0.5, 0.6) is 0 Å². The van der Waals surface area contributed by atoms with Gasteiger partial charge in [-0.05, 0) is 24.5 Å². The normalized spacial score (nSPS) is 12.3. The number of ether oxygens (including phenoxy) is 1. The molecule has 0 spiro atoms. The minimum absolute atomic E-state index is 0.0428. The van der Waals surface area contributed by atoms with Crippen molar-refractivity contribution in [1.29, 1.82) is 0 Å². The van der Waals surface area contributed by atoms with Crippen LogP contribution in [-0.2, 0) is 14.8 Å². The molecule has 0 aliphatic rings. The topological polar surface area (TPSA) is 85.6 Å². The summed E-state index contributed by atoms with van der Waals surface area (Å²) in [5.41, 5.74) is 0.498. The molecule has 0 saturated carbocycles. The number of rotatable bonds is 8. The lowest BCUT2D eigenvalue weighted by molar-refractivity contribution is 0.108. The van der Waals surface area contributed by atoms with Crippen molar-refractivity contribution in [2.24, 2.45) is 5.92 Å². The summed E-state index contributed by atoms with van der Waals surface area (Å²) in [6.07, 6.45) is 3.45. The third-order valence-electron chi connectivity index (χ3n) is 2.73. The molecule has 2 rings (SSSR count). The third kappa shape index (κ3) is 4.23. The van der Waals surface area contributed by atoms with Crippen molar-refractivity contribution in [2.75, 3.05) is 19.8 Å². The molecular formula is C13H20N4O3S. The largest absolute Gasteiger partial charge is 0.381 e. The molecule has 0 aliphatic carbocycles. The zero-order valence-corrected chi connectivity index (χ0v) is 13.0. The first-order chi connectivity index (χ1) is 10.0. The van der Waals surface area contributed by atoms with Gasteiger partial charge < -0.3 is 4.74 Å². The first-order valence-corrected chi connectivity index (χ1v) is 8.35. The summed E-state index contributed by atoms with van der Waals surface area (Å²) in [5, 5.41) is 4.04. The van der Waals surface area contributed by atoms with Crippen molar-refractivity contribution in [3.05, 3.63) is 24.5 Å². The molecule has 2 aromatic rings. The average Bonchev–Trinajstić information content (AvgIpc) is 2.87. The van der Waals surface area contributed by atoms with Crippen molar-refractivity contribution >= 4 is 15.7 Å². The van der Waals surface area contributed by atoms with Gasteiger partial charge in [-0.25, -0.2) is 22.6 Å². The molecule has 0 aliphatic heterocycles. The molecule has 1 N–H and O–H groups in total. The molecule has 0 fully saturated rings. The maximum Gasteiger partial charge on any atom is 0.259 e. The smallest absolute Gasteiger partial charge is 0.259 e. The number of hydrogen-bond acceptors (Lipinski definition) is 5. The van der Waals surface area contributed by atoms with Crippen molar-refractivity contribution in [3.63, 3.8) is 0 Å². The van der Waals surface area contributed by atoms with Crippen LogP contribution in [0.2, 0.25) is 0 Å². The predicted molar refractivity (Wildman–Crippen MR) is 78.4 cm³/mol. The minimum Gasteiger partial charge on any atom is -0.381 e. The minimum atomic E-state index is -3.61. The second-order valence-electron chi connectivity index (χ2n) is 5.11. The van der Waals surface area contributed by atoms with Gasteiger partial charge in [-0.2, -0.15) is 5.10 Å². The summed E-state index contributed by atoms with van der Waals surface area (Å²) in [6.45, 7) is 5.68. The Morgan fingerprint density at radius 2 is 2.24 bits per heavy atom. The van der Waals surface area contributed by atoms with Gasteiger partial charge in [0.05, 0.1) is 6.20 Å². The van der Waals surface area contributed by atoms with Crippen LogP contribution >= 0.6 is 0 Å². The van der Waals surface area contributed by atoms with Crippen molar-refractivity contribution in [1.82, 2.24) is 19.3 Å². The fourth-order valence-electron chi connectivity index (χ4n) is 1.76. The quantitative estimate of drug-likeness (QED) is 0.737. The lowest BCUT2D eigenvalue weighted by Gasteiger charge is -2.08. The van der Waals surface area contributed by atoms with E-state index in [1.54, 1.807) is 12.1 Å². The highest BCUT2D eigenvalue weighted by Crippen LogP contribution is 2.09. The maximum atomic E-state index is 12.2. The van der Waals surface area contributed by atoms with E-state index in [-0.39, 0.29) is 5.03 Å². The predicted octanol–water partition coefficient (Wildman–Crippen LogP) is 1.07. The van der Waals surface area contributed by atoms with Crippen molar-refractivity contribution in [2.45, 2.75) is 25.3 Å². The van der Waals surface area contributed by atoms with Crippen LogP contribution in [0.25, 0.3) is 5.65 Å². The van der Waals surface area contributed by atoms with Gasteiger partial charge in [-0.15, -0.1) is 0 Å². The Morgan fingerprint density at radius 3 is 3.00 bits per heavy atom. The second kappa shape index (κ2) is 6.97. The standard InChI is InChI=1S/C13H20N4O3S/c1-11(2)10-20-8-4-7-16-21(18,19)13-9-14-12-5-3-6-15-17(12)13/h3,5-6,9,11,16H,4,7-8,10H2,1-2H3. The van der Waals surface area contributed by atoms with Crippen LogP contribution in [0.1, 0.15) is 20.3 Å². The summed E-state index contributed by atoms with van der Waals surface area (Å²) in [6, 6.07) is 3.41. The van der Waals surface area contributed by atoms with Crippen LogP contribution in [0, 0.1) is 5.92 Å².